The molecule has 0 unspecified atom stereocenters. The molecule has 0 aliphatic carbocycles. The lowest BCUT2D eigenvalue weighted by Gasteiger charge is -2.27. The maximum absolute atomic E-state index is 12.6. The van der Waals surface area contributed by atoms with Crippen molar-refractivity contribution in [3.05, 3.63) is 59.7 Å². The van der Waals surface area contributed by atoms with E-state index in [4.69, 9.17) is 9.47 Å². The molecule has 128 valence electrons. The van der Waals surface area contributed by atoms with Crippen molar-refractivity contribution < 1.29 is 14.3 Å². The smallest absolute Gasteiger partial charge is 0.261 e. The van der Waals surface area contributed by atoms with Crippen LogP contribution in [0.3, 0.4) is 0 Å². The van der Waals surface area contributed by atoms with Crippen molar-refractivity contribution in [2.75, 3.05) is 13.7 Å². The summed E-state index contributed by atoms with van der Waals surface area (Å²) in [5.41, 5.74) is 2.19. The van der Waals surface area contributed by atoms with Crippen LogP contribution in [0.25, 0.3) is 0 Å². The molecule has 2 rings (SSSR count). The van der Waals surface area contributed by atoms with E-state index in [0.29, 0.717) is 18.0 Å². The number of benzene rings is 2. The molecule has 2 aromatic carbocycles. The molecule has 0 aromatic heterocycles. The highest BCUT2D eigenvalue weighted by Crippen LogP contribution is 2.27. The molecule has 0 bridgehead atoms. The molecule has 0 aliphatic rings. The Morgan fingerprint density at radius 2 is 1.79 bits per heavy atom. The second kappa shape index (κ2) is 8.39. The van der Waals surface area contributed by atoms with E-state index < -0.39 is 0 Å². The highest BCUT2D eigenvalue weighted by Gasteiger charge is 2.18. The molecule has 0 saturated heterocycles. The maximum atomic E-state index is 12.6. The van der Waals surface area contributed by atoms with Crippen LogP contribution in [0.5, 0.6) is 11.5 Å². The summed E-state index contributed by atoms with van der Waals surface area (Å²) in [4.78, 5) is 14.4. The predicted molar refractivity (Wildman–Crippen MR) is 95.4 cm³/mol. The normalized spacial score (nSPS) is 10.5. The number of carbonyl (C=O) groups is 1. The minimum absolute atomic E-state index is 0.00949. The van der Waals surface area contributed by atoms with Gasteiger partial charge in [-0.15, -0.1) is 0 Å². The molecule has 2 aromatic rings. The Hall–Kier alpha value is -2.49. The molecule has 1 amide bonds. The number of carbonyl (C=O) groups excluding carboxylic acids is 1. The summed E-state index contributed by atoms with van der Waals surface area (Å²) in [6.45, 7) is 6.56. The Morgan fingerprint density at radius 3 is 2.42 bits per heavy atom. The van der Waals surface area contributed by atoms with Crippen molar-refractivity contribution in [1.82, 2.24) is 4.90 Å². The van der Waals surface area contributed by atoms with Crippen molar-refractivity contribution >= 4 is 5.91 Å². The van der Waals surface area contributed by atoms with Gasteiger partial charge in [-0.2, -0.15) is 0 Å². The lowest BCUT2D eigenvalue weighted by Crippen LogP contribution is -2.39. The van der Waals surface area contributed by atoms with Gasteiger partial charge >= 0.3 is 0 Å². The first-order valence-electron chi connectivity index (χ1n) is 8.12. The summed E-state index contributed by atoms with van der Waals surface area (Å²) in [7, 11) is 1.60. The molecule has 0 fully saturated rings. The Labute approximate surface area is 144 Å². The van der Waals surface area contributed by atoms with E-state index in [1.165, 1.54) is 0 Å². The topological polar surface area (TPSA) is 38.8 Å². The maximum Gasteiger partial charge on any atom is 0.261 e. The summed E-state index contributed by atoms with van der Waals surface area (Å²) in [5.74, 6) is 1.18. The quantitative estimate of drug-likeness (QED) is 0.776. The number of rotatable bonds is 7. The third kappa shape index (κ3) is 4.75. The summed E-state index contributed by atoms with van der Waals surface area (Å²) in [6.07, 6.45) is 0. The average Bonchev–Trinajstić information content (AvgIpc) is 2.58. The number of hydrogen-bond donors (Lipinski definition) is 0. The van der Waals surface area contributed by atoms with Crippen LogP contribution >= 0.6 is 0 Å². The Bertz CT molecular complexity index is 668. The summed E-state index contributed by atoms with van der Waals surface area (Å²) in [6, 6.07) is 15.7. The molecule has 0 saturated carbocycles. The van der Waals surface area contributed by atoms with E-state index in [1.807, 2.05) is 74.2 Å². The van der Waals surface area contributed by atoms with Gasteiger partial charge in [0.15, 0.2) is 18.1 Å². The number of methoxy groups -OCH3 is 1. The Morgan fingerprint density at radius 1 is 1.08 bits per heavy atom. The minimum Gasteiger partial charge on any atom is -0.493 e. The molecule has 0 aliphatic heterocycles. The van der Waals surface area contributed by atoms with Crippen LogP contribution in [0.1, 0.15) is 25.0 Å². The minimum atomic E-state index is -0.0449. The third-order valence-corrected chi connectivity index (χ3v) is 3.81. The van der Waals surface area contributed by atoms with Crippen LogP contribution in [0, 0.1) is 6.92 Å². The highest BCUT2D eigenvalue weighted by molar-refractivity contribution is 5.78. The van der Waals surface area contributed by atoms with Crippen molar-refractivity contribution in [3.63, 3.8) is 0 Å². The summed E-state index contributed by atoms with van der Waals surface area (Å²) in [5, 5.41) is 0. The standard InChI is InChI=1S/C20H25NO3/c1-15(2)21(13-17-8-6-5-7-9-17)20(22)14-24-18-11-10-16(3)12-19(18)23-4/h5-12,15H,13-14H2,1-4H3. The number of aryl methyl sites for hydroxylation is 1. The van der Waals surface area contributed by atoms with Crippen molar-refractivity contribution in [2.24, 2.45) is 0 Å². The molecule has 0 atom stereocenters. The molecule has 4 heteroatoms. The van der Waals surface area contributed by atoms with E-state index in [-0.39, 0.29) is 18.6 Å². The highest BCUT2D eigenvalue weighted by atomic mass is 16.5. The number of amides is 1. The third-order valence-electron chi connectivity index (χ3n) is 3.81. The lowest BCUT2D eigenvalue weighted by atomic mass is 10.2. The van der Waals surface area contributed by atoms with Gasteiger partial charge in [0, 0.05) is 12.6 Å². The lowest BCUT2D eigenvalue weighted by molar-refractivity contribution is -0.135. The Balaban J connectivity index is 2.03. The van der Waals surface area contributed by atoms with Crippen molar-refractivity contribution in [3.8, 4) is 11.5 Å². The van der Waals surface area contributed by atoms with Crippen molar-refractivity contribution in [2.45, 2.75) is 33.4 Å². The molecular formula is C20H25NO3. The van der Waals surface area contributed by atoms with Crippen LogP contribution in [0.15, 0.2) is 48.5 Å². The van der Waals surface area contributed by atoms with Crippen molar-refractivity contribution in [1.29, 1.82) is 0 Å². The van der Waals surface area contributed by atoms with Gasteiger partial charge in [-0.1, -0.05) is 36.4 Å². The first-order chi connectivity index (χ1) is 11.5. The van der Waals surface area contributed by atoms with E-state index >= 15 is 0 Å². The second-order valence-corrected chi connectivity index (χ2v) is 6.04. The fraction of sp³-hybridized carbons (Fsp3) is 0.350. The van der Waals surface area contributed by atoms with E-state index in [1.54, 1.807) is 7.11 Å². The molecule has 0 heterocycles. The average molecular weight is 327 g/mol. The zero-order chi connectivity index (χ0) is 17.5. The number of ether oxygens (including phenoxy) is 2. The summed E-state index contributed by atoms with van der Waals surface area (Å²) >= 11 is 0. The number of hydrogen-bond acceptors (Lipinski definition) is 3. The molecule has 0 N–H and O–H groups in total. The van der Waals surface area contributed by atoms with Crippen LogP contribution in [-0.2, 0) is 11.3 Å². The SMILES string of the molecule is COc1cc(C)ccc1OCC(=O)N(Cc1ccccc1)C(C)C. The van der Waals surface area contributed by atoms with Gasteiger partial charge < -0.3 is 14.4 Å². The van der Waals surface area contributed by atoms with Gasteiger partial charge in [0.05, 0.1) is 7.11 Å². The van der Waals surface area contributed by atoms with Crippen LogP contribution in [0.4, 0.5) is 0 Å². The second-order valence-electron chi connectivity index (χ2n) is 6.04. The Kier molecular flexibility index (Phi) is 6.24. The first-order valence-corrected chi connectivity index (χ1v) is 8.12. The number of nitrogens with zero attached hydrogens (tertiary/aromatic N) is 1. The molecular weight excluding hydrogens is 302 g/mol. The zero-order valence-corrected chi connectivity index (χ0v) is 14.8. The van der Waals surface area contributed by atoms with E-state index in [0.717, 1.165) is 11.1 Å². The van der Waals surface area contributed by atoms with E-state index in [2.05, 4.69) is 0 Å². The fourth-order valence-electron chi connectivity index (χ4n) is 2.46. The van der Waals surface area contributed by atoms with Gasteiger partial charge in [-0.05, 0) is 44.0 Å². The monoisotopic (exact) mass is 327 g/mol. The fourth-order valence-corrected chi connectivity index (χ4v) is 2.46. The summed E-state index contributed by atoms with van der Waals surface area (Å²) < 4.78 is 11.0. The molecule has 4 nitrogen and oxygen atoms in total. The predicted octanol–water partition coefficient (Wildman–Crippen LogP) is 3.82. The zero-order valence-electron chi connectivity index (χ0n) is 14.8. The van der Waals surface area contributed by atoms with E-state index in [9.17, 15) is 4.79 Å². The van der Waals surface area contributed by atoms with Gasteiger partial charge in [0.25, 0.3) is 5.91 Å². The first kappa shape index (κ1) is 17.9. The molecule has 24 heavy (non-hydrogen) atoms. The molecule has 0 radical (unpaired) electrons. The van der Waals surface area contributed by atoms with Crippen LogP contribution in [0.2, 0.25) is 0 Å². The van der Waals surface area contributed by atoms with Gasteiger partial charge in [-0.25, -0.2) is 0 Å². The largest absolute Gasteiger partial charge is 0.493 e. The van der Waals surface area contributed by atoms with Gasteiger partial charge in [-0.3, -0.25) is 4.79 Å². The van der Waals surface area contributed by atoms with Gasteiger partial charge in [0.1, 0.15) is 0 Å². The van der Waals surface area contributed by atoms with Crippen LogP contribution < -0.4 is 9.47 Å². The van der Waals surface area contributed by atoms with Gasteiger partial charge in [0.2, 0.25) is 0 Å². The molecule has 0 spiro atoms. The van der Waals surface area contributed by atoms with Crippen LogP contribution in [-0.4, -0.2) is 30.6 Å².